The van der Waals surface area contributed by atoms with Crippen LogP contribution in [0.4, 0.5) is 5.00 Å². The number of anilines is 1. The average molecular weight is 490 g/mol. The molecule has 2 rings (SSSR count). The summed E-state index contributed by atoms with van der Waals surface area (Å²) in [6.07, 6.45) is 0.122. The smallest absolute Gasteiger partial charge is 0.348 e. The summed E-state index contributed by atoms with van der Waals surface area (Å²) in [5.41, 5.74) is 1.90. The molecule has 0 aromatic carbocycles. The van der Waals surface area contributed by atoms with Crippen molar-refractivity contribution in [2.24, 2.45) is 0 Å². The van der Waals surface area contributed by atoms with Gasteiger partial charge in [-0.3, -0.25) is 4.79 Å². The summed E-state index contributed by atoms with van der Waals surface area (Å²) in [6, 6.07) is 5.69. The van der Waals surface area contributed by atoms with Gasteiger partial charge >= 0.3 is 11.9 Å². The molecule has 0 unspecified atom stereocenters. The summed E-state index contributed by atoms with van der Waals surface area (Å²) in [4.78, 5) is 42.1. The third kappa shape index (κ3) is 6.79. The minimum absolute atomic E-state index is 0.122. The molecule has 1 N–H and O–H groups in total. The van der Waals surface area contributed by atoms with E-state index in [1.165, 1.54) is 11.8 Å². The van der Waals surface area contributed by atoms with E-state index in [4.69, 9.17) is 9.47 Å². The van der Waals surface area contributed by atoms with Gasteiger partial charge in [-0.05, 0) is 44.4 Å². The van der Waals surface area contributed by atoms with E-state index in [0.717, 1.165) is 17.0 Å². The van der Waals surface area contributed by atoms with Gasteiger partial charge in [0.2, 0.25) is 5.91 Å². The Morgan fingerprint density at radius 1 is 1.18 bits per heavy atom. The molecule has 0 atom stereocenters. The maximum atomic E-state index is 12.6. The molecule has 2 aromatic heterocycles. The van der Waals surface area contributed by atoms with Crippen molar-refractivity contribution in [3.63, 3.8) is 0 Å². The van der Waals surface area contributed by atoms with E-state index in [-0.39, 0.29) is 46.9 Å². The molecule has 8 nitrogen and oxygen atoms in total. The first-order valence-corrected chi connectivity index (χ1v) is 12.3. The lowest BCUT2D eigenvalue weighted by Gasteiger charge is -2.09. The van der Waals surface area contributed by atoms with Crippen molar-refractivity contribution >= 4 is 45.9 Å². The predicted octanol–water partition coefficient (Wildman–Crippen LogP) is 4.92. The van der Waals surface area contributed by atoms with Gasteiger partial charge in [-0.15, -0.1) is 23.1 Å². The SMILES string of the molecule is CCOC(=O)c1sc(NC(=O)CCSc2nc(C(C)C)ccc2C#N)c(C(=O)OCC)c1C. The van der Waals surface area contributed by atoms with Crippen LogP contribution in [-0.2, 0) is 14.3 Å². The molecule has 33 heavy (non-hydrogen) atoms. The Morgan fingerprint density at radius 2 is 1.85 bits per heavy atom. The minimum atomic E-state index is -0.611. The summed E-state index contributed by atoms with van der Waals surface area (Å²) >= 11 is 2.31. The summed E-state index contributed by atoms with van der Waals surface area (Å²) < 4.78 is 10.2. The number of pyridine rings is 1. The Kier molecular flexibility index (Phi) is 9.88. The molecule has 0 aliphatic heterocycles. The fraction of sp³-hybridized carbons (Fsp3) is 0.435. The van der Waals surface area contributed by atoms with Gasteiger partial charge in [0.1, 0.15) is 21.0 Å². The molecule has 1 amide bonds. The second-order valence-corrected chi connectivity index (χ2v) is 9.31. The maximum absolute atomic E-state index is 12.6. The van der Waals surface area contributed by atoms with Crippen LogP contribution in [0.15, 0.2) is 17.2 Å². The molecule has 176 valence electrons. The zero-order chi connectivity index (χ0) is 24.5. The summed E-state index contributed by atoms with van der Waals surface area (Å²) in [5, 5.41) is 12.9. The highest BCUT2D eigenvalue weighted by molar-refractivity contribution is 7.99. The van der Waals surface area contributed by atoms with E-state index < -0.39 is 11.9 Å². The van der Waals surface area contributed by atoms with Crippen LogP contribution in [0.2, 0.25) is 0 Å². The number of nitriles is 1. The van der Waals surface area contributed by atoms with E-state index >= 15 is 0 Å². The van der Waals surface area contributed by atoms with E-state index in [0.29, 0.717) is 21.9 Å². The molecule has 0 fully saturated rings. The molecule has 0 aliphatic rings. The Bertz CT molecular complexity index is 1070. The first-order chi connectivity index (χ1) is 15.7. The first kappa shape index (κ1) is 26.4. The van der Waals surface area contributed by atoms with Gasteiger partial charge in [0, 0.05) is 17.9 Å². The molecule has 0 spiro atoms. The number of nitrogens with zero attached hydrogens (tertiary/aromatic N) is 2. The van der Waals surface area contributed by atoms with Gasteiger partial charge < -0.3 is 14.8 Å². The van der Waals surface area contributed by atoms with Crippen LogP contribution >= 0.6 is 23.1 Å². The number of amides is 1. The van der Waals surface area contributed by atoms with Crippen LogP contribution in [0.3, 0.4) is 0 Å². The lowest BCUT2D eigenvalue weighted by Crippen LogP contribution is -2.15. The second-order valence-electron chi connectivity index (χ2n) is 7.20. The Hall–Kier alpha value is -2.90. The number of ether oxygens (including phenoxy) is 2. The van der Waals surface area contributed by atoms with Crippen LogP contribution in [0, 0.1) is 18.3 Å². The third-order valence-electron chi connectivity index (χ3n) is 4.50. The molecule has 0 saturated carbocycles. The van der Waals surface area contributed by atoms with Gasteiger partial charge in [0.15, 0.2) is 0 Å². The number of aromatic nitrogens is 1. The van der Waals surface area contributed by atoms with E-state index in [1.807, 2.05) is 19.9 Å². The number of rotatable bonds is 10. The zero-order valence-corrected chi connectivity index (χ0v) is 20.9. The van der Waals surface area contributed by atoms with Gasteiger partial charge in [-0.2, -0.15) is 5.26 Å². The van der Waals surface area contributed by atoms with Crippen molar-refractivity contribution in [1.29, 1.82) is 5.26 Å². The Morgan fingerprint density at radius 3 is 2.45 bits per heavy atom. The molecule has 2 heterocycles. The van der Waals surface area contributed by atoms with Gasteiger partial charge in [-0.25, -0.2) is 14.6 Å². The van der Waals surface area contributed by atoms with E-state index in [9.17, 15) is 19.6 Å². The highest BCUT2D eigenvalue weighted by Gasteiger charge is 2.27. The number of carbonyl (C=O) groups is 3. The van der Waals surface area contributed by atoms with Crippen LogP contribution in [-0.4, -0.2) is 41.8 Å². The zero-order valence-electron chi connectivity index (χ0n) is 19.3. The number of thioether (sulfide) groups is 1. The standard InChI is InChI=1S/C23H27N3O5S2/c1-6-30-22(28)18-14(5)19(23(29)31-7-2)33-21(18)26-17(27)10-11-32-20-15(12-24)8-9-16(25-20)13(3)4/h8-9,13H,6-7,10-11H2,1-5H3,(H,26,27). The van der Waals surface area contributed by atoms with Crippen molar-refractivity contribution in [2.75, 3.05) is 24.3 Å². The van der Waals surface area contributed by atoms with E-state index in [2.05, 4.69) is 16.4 Å². The summed E-state index contributed by atoms with van der Waals surface area (Å²) in [5.74, 6) is -0.888. The van der Waals surface area contributed by atoms with Crippen LogP contribution in [0.25, 0.3) is 0 Å². The lowest BCUT2D eigenvalue weighted by molar-refractivity contribution is -0.115. The number of hydrogen-bond acceptors (Lipinski definition) is 9. The fourth-order valence-electron chi connectivity index (χ4n) is 2.84. The quantitative estimate of drug-likeness (QED) is 0.369. The fourth-order valence-corrected chi connectivity index (χ4v) is 4.87. The number of hydrogen-bond donors (Lipinski definition) is 1. The lowest BCUT2D eigenvalue weighted by atomic mass is 10.1. The molecule has 0 aliphatic carbocycles. The second kappa shape index (κ2) is 12.4. The Labute approximate surface area is 201 Å². The highest BCUT2D eigenvalue weighted by atomic mass is 32.2. The van der Waals surface area contributed by atoms with Crippen molar-refractivity contribution in [3.05, 3.63) is 39.4 Å². The van der Waals surface area contributed by atoms with Crippen molar-refractivity contribution in [3.8, 4) is 6.07 Å². The normalized spacial score (nSPS) is 10.6. The number of thiophene rings is 1. The molecular weight excluding hydrogens is 462 g/mol. The topological polar surface area (TPSA) is 118 Å². The molecule has 0 bridgehead atoms. The molecule has 2 aromatic rings. The van der Waals surface area contributed by atoms with Crippen LogP contribution < -0.4 is 5.32 Å². The predicted molar refractivity (Wildman–Crippen MR) is 128 cm³/mol. The van der Waals surface area contributed by atoms with Gasteiger partial charge in [-0.1, -0.05) is 13.8 Å². The molecular formula is C23H27N3O5S2. The van der Waals surface area contributed by atoms with Crippen molar-refractivity contribution in [2.45, 2.75) is 52.0 Å². The first-order valence-electron chi connectivity index (χ1n) is 10.5. The maximum Gasteiger partial charge on any atom is 0.348 e. The van der Waals surface area contributed by atoms with Gasteiger partial charge in [0.05, 0.1) is 24.3 Å². The largest absolute Gasteiger partial charge is 0.462 e. The molecule has 0 radical (unpaired) electrons. The average Bonchev–Trinajstić information content (AvgIpc) is 3.09. The monoisotopic (exact) mass is 489 g/mol. The summed E-state index contributed by atoms with van der Waals surface area (Å²) in [7, 11) is 0. The van der Waals surface area contributed by atoms with Crippen molar-refractivity contribution < 1.29 is 23.9 Å². The highest BCUT2D eigenvalue weighted by Crippen LogP contribution is 2.34. The minimum Gasteiger partial charge on any atom is -0.462 e. The number of carbonyl (C=O) groups excluding carboxylic acids is 3. The van der Waals surface area contributed by atoms with E-state index in [1.54, 1.807) is 26.8 Å². The molecule has 10 heteroatoms. The van der Waals surface area contributed by atoms with Gasteiger partial charge in [0.25, 0.3) is 0 Å². The Balaban J connectivity index is 2.14. The van der Waals surface area contributed by atoms with Crippen molar-refractivity contribution in [1.82, 2.24) is 4.98 Å². The number of esters is 2. The third-order valence-corrected chi connectivity index (χ3v) is 6.68. The molecule has 0 saturated heterocycles. The van der Waals surface area contributed by atoms with Crippen LogP contribution in [0.1, 0.15) is 76.9 Å². The van der Waals surface area contributed by atoms with Crippen LogP contribution in [0.5, 0.6) is 0 Å². The summed E-state index contributed by atoms with van der Waals surface area (Å²) in [6.45, 7) is 9.39. The number of nitrogens with one attached hydrogen (secondary N) is 1.